The van der Waals surface area contributed by atoms with E-state index in [4.69, 9.17) is 23.7 Å². The molecule has 3 heterocycles. The molecule has 0 aromatic carbocycles. The molecular weight excluding hydrogens is 881 g/mol. The predicted octanol–water partition coefficient (Wildman–Crippen LogP) is -0.343. The monoisotopic (exact) mass is 961 g/mol. The third-order valence-electron chi connectivity index (χ3n) is 12.5. The van der Waals surface area contributed by atoms with Crippen molar-refractivity contribution in [3.8, 4) is 0 Å². The third-order valence-corrected chi connectivity index (χ3v) is 12.5. The van der Waals surface area contributed by atoms with Crippen molar-refractivity contribution in [2.24, 2.45) is 5.92 Å². The van der Waals surface area contributed by atoms with E-state index >= 15 is 0 Å². The summed E-state index contributed by atoms with van der Waals surface area (Å²) in [7, 11) is 1.60. The number of amides is 4. The van der Waals surface area contributed by atoms with Crippen LogP contribution in [0.1, 0.15) is 129 Å². The number of carbonyl (C=O) groups is 6. The smallest absolute Gasteiger partial charge is 0.222 e. The molecule has 3 aliphatic heterocycles. The van der Waals surface area contributed by atoms with Crippen LogP contribution in [0.25, 0.3) is 0 Å². The van der Waals surface area contributed by atoms with E-state index in [1.807, 2.05) is 4.90 Å². The lowest BCUT2D eigenvalue weighted by Crippen LogP contribution is -2.64. The van der Waals surface area contributed by atoms with Crippen LogP contribution in [0.2, 0.25) is 0 Å². The van der Waals surface area contributed by atoms with E-state index in [0.717, 1.165) is 32.1 Å². The normalized spacial score (nSPS) is 28.5. The largest absolute Gasteiger partial charge is 0.394 e. The van der Waals surface area contributed by atoms with Crippen molar-refractivity contribution in [1.29, 1.82) is 0 Å². The van der Waals surface area contributed by atoms with Gasteiger partial charge in [0.2, 0.25) is 23.6 Å². The van der Waals surface area contributed by atoms with Gasteiger partial charge in [0.25, 0.3) is 0 Å². The number of unbranched alkanes of at least 4 members (excludes halogenated alkanes) is 7. The number of aliphatic hydroxyl groups excluding tert-OH is 6. The number of hydrogen-bond donors (Lipinski definition) is 9. The molecule has 0 aliphatic carbocycles. The SMILES string of the molecule is COC[C@@H]1C[C@H](CC(=O)CCCCCNC(=O)CCCCO[C@@H]2OC(CO)[C@H](O)[C@H](O)C2NC(C)=O)CN1C(=O)CCCCCCC(=O)CCCCO[C@@H]1OC(CO)[C@H](O)[C@H](O)C1NC(C)=O. The Balaban J connectivity index is 1.20. The number of rotatable bonds is 33. The highest BCUT2D eigenvalue weighted by atomic mass is 16.7. The summed E-state index contributed by atoms with van der Waals surface area (Å²) >= 11 is 0. The Morgan fingerprint density at radius 3 is 1.60 bits per heavy atom. The zero-order valence-corrected chi connectivity index (χ0v) is 39.7. The van der Waals surface area contributed by atoms with E-state index in [1.54, 1.807) is 7.11 Å². The maximum Gasteiger partial charge on any atom is 0.222 e. The first-order chi connectivity index (χ1) is 32.1. The number of ether oxygens (including phenoxy) is 5. The fourth-order valence-corrected chi connectivity index (χ4v) is 8.84. The molecule has 0 aromatic heterocycles. The molecule has 3 aliphatic rings. The Hall–Kier alpha value is -3.22. The van der Waals surface area contributed by atoms with E-state index in [2.05, 4.69) is 16.0 Å². The van der Waals surface area contributed by atoms with Crippen molar-refractivity contribution in [2.75, 3.05) is 53.2 Å². The fourth-order valence-electron chi connectivity index (χ4n) is 8.84. The van der Waals surface area contributed by atoms with Gasteiger partial charge in [-0.05, 0) is 63.7 Å². The zero-order valence-electron chi connectivity index (χ0n) is 39.7. The van der Waals surface area contributed by atoms with Gasteiger partial charge >= 0.3 is 0 Å². The second-order valence-corrected chi connectivity index (χ2v) is 18.1. The summed E-state index contributed by atoms with van der Waals surface area (Å²) in [4.78, 5) is 75.9. The van der Waals surface area contributed by atoms with Gasteiger partial charge in [-0.15, -0.1) is 0 Å². The van der Waals surface area contributed by atoms with Crippen LogP contribution < -0.4 is 16.0 Å². The first-order valence-electron chi connectivity index (χ1n) is 24.2. The van der Waals surface area contributed by atoms with Gasteiger partial charge in [0.15, 0.2) is 12.6 Å². The summed E-state index contributed by atoms with van der Waals surface area (Å²) in [6.07, 6.45) is 0.654. The summed E-state index contributed by atoms with van der Waals surface area (Å²) in [6.45, 7) is 3.25. The molecule has 0 radical (unpaired) electrons. The van der Waals surface area contributed by atoms with Gasteiger partial charge < -0.3 is 75.2 Å². The molecule has 0 saturated carbocycles. The number of ketones is 2. The molecule has 3 saturated heterocycles. The summed E-state index contributed by atoms with van der Waals surface area (Å²) in [5.74, 6) is -0.563. The molecule has 12 atom stereocenters. The molecule has 0 spiro atoms. The van der Waals surface area contributed by atoms with Crippen LogP contribution >= 0.6 is 0 Å². The van der Waals surface area contributed by atoms with Crippen LogP contribution in [0.4, 0.5) is 0 Å². The highest BCUT2D eigenvalue weighted by molar-refractivity contribution is 5.80. The molecular formula is C46H80N4O17. The number of Topliss-reactive ketones (excluding diaryl/α,β-unsaturated/α-hetero) is 2. The summed E-state index contributed by atoms with van der Waals surface area (Å²) in [5, 5.41) is 67.8. The molecule has 21 nitrogen and oxygen atoms in total. The van der Waals surface area contributed by atoms with Gasteiger partial charge in [-0.25, -0.2) is 0 Å². The Morgan fingerprint density at radius 2 is 1.09 bits per heavy atom. The molecule has 3 rings (SSSR count). The Bertz CT molecular complexity index is 1510. The van der Waals surface area contributed by atoms with Crippen LogP contribution in [0, 0.1) is 5.92 Å². The number of aliphatic hydroxyl groups is 6. The first kappa shape index (κ1) is 58.1. The number of nitrogens with zero attached hydrogens (tertiary/aromatic N) is 1. The standard InChI is InChI=1S/C46H80N4O17/c1-29(53)48-39-43(61)41(59)35(26-51)66-45(39)64-21-13-10-16-33(55)15-7-4-5-9-19-38(58)50-25-31(23-32(50)28-63-3)24-34(56)17-8-6-12-20-47-37(57)18-11-14-22-65-46-40(49-30(2)54)44(62)42(60)36(27-52)67-46/h31-32,35-36,39-46,51-52,59-62H,4-28H2,1-3H3,(H,47,57)(H,48,53)(H,49,54)/t31-,32+,35?,36?,39?,40?,41+,42+,43-,44-,45-,46-/m1/s1. The molecule has 3 fully saturated rings. The second kappa shape index (κ2) is 31.8. The zero-order chi connectivity index (χ0) is 49.3. The lowest BCUT2D eigenvalue weighted by molar-refractivity contribution is -0.270. The van der Waals surface area contributed by atoms with E-state index in [9.17, 15) is 59.4 Å². The van der Waals surface area contributed by atoms with Crippen molar-refractivity contribution >= 4 is 35.2 Å². The van der Waals surface area contributed by atoms with Gasteiger partial charge in [0.05, 0.1) is 25.9 Å². The van der Waals surface area contributed by atoms with Gasteiger partial charge in [0.1, 0.15) is 60.3 Å². The lowest BCUT2D eigenvalue weighted by atomic mass is 9.97. The molecule has 4 unspecified atom stereocenters. The predicted molar refractivity (Wildman–Crippen MR) is 240 cm³/mol. The molecule has 9 N–H and O–H groups in total. The van der Waals surface area contributed by atoms with Crippen molar-refractivity contribution in [3.63, 3.8) is 0 Å². The van der Waals surface area contributed by atoms with Gasteiger partial charge in [-0.3, -0.25) is 28.8 Å². The van der Waals surface area contributed by atoms with Crippen LogP contribution in [0.15, 0.2) is 0 Å². The van der Waals surface area contributed by atoms with Crippen LogP contribution in [0.5, 0.6) is 0 Å². The van der Waals surface area contributed by atoms with Crippen molar-refractivity contribution in [2.45, 2.75) is 197 Å². The van der Waals surface area contributed by atoms with Crippen molar-refractivity contribution in [3.05, 3.63) is 0 Å². The topological polar surface area (TPSA) is 309 Å². The Kier molecular flexibility index (Phi) is 27.6. The number of nitrogens with one attached hydrogen (secondary N) is 3. The van der Waals surface area contributed by atoms with Gasteiger partial charge in [-0.1, -0.05) is 19.3 Å². The quantitative estimate of drug-likeness (QED) is 0.0380. The van der Waals surface area contributed by atoms with Crippen LogP contribution in [0.3, 0.4) is 0 Å². The number of likely N-dealkylation sites (tertiary alicyclic amines) is 1. The van der Waals surface area contributed by atoms with E-state index in [0.29, 0.717) is 96.7 Å². The first-order valence-corrected chi connectivity index (χ1v) is 24.2. The average molecular weight is 961 g/mol. The molecule has 0 bridgehead atoms. The minimum Gasteiger partial charge on any atom is -0.394 e. The van der Waals surface area contributed by atoms with Crippen LogP contribution in [-0.4, -0.2) is 191 Å². The molecule has 21 heteroatoms. The molecule has 4 amide bonds. The van der Waals surface area contributed by atoms with Crippen molar-refractivity contribution in [1.82, 2.24) is 20.9 Å². The highest BCUT2D eigenvalue weighted by Gasteiger charge is 2.46. The molecule has 67 heavy (non-hydrogen) atoms. The second-order valence-electron chi connectivity index (χ2n) is 18.1. The minimum atomic E-state index is -1.39. The minimum absolute atomic E-state index is 0.0512. The Morgan fingerprint density at radius 1 is 0.612 bits per heavy atom. The maximum atomic E-state index is 13.2. The van der Waals surface area contributed by atoms with E-state index in [-0.39, 0.29) is 55.0 Å². The van der Waals surface area contributed by atoms with E-state index < -0.39 is 86.3 Å². The lowest BCUT2D eigenvalue weighted by Gasteiger charge is -2.42. The fraction of sp³-hybridized carbons (Fsp3) is 0.870. The summed E-state index contributed by atoms with van der Waals surface area (Å²) in [5.41, 5.74) is 0. The summed E-state index contributed by atoms with van der Waals surface area (Å²) < 4.78 is 27.9. The van der Waals surface area contributed by atoms with Gasteiger partial charge in [-0.2, -0.15) is 0 Å². The highest BCUT2D eigenvalue weighted by Crippen LogP contribution is 2.29. The van der Waals surface area contributed by atoms with E-state index in [1.165, 1.54) is 13.8 Å². The van der Waals surface area contributed by atoms with Crippen molar-refractivity contribution < 1.29 is 83.1 Å². The molecule has 0 aromatic rings. The maximum absolute atomic E-state index is 13.2. The number of methoxy groups -OCH3 is 1. The summed E-state index contributed by atoms with van der Waals surface area (Å²) in [6, 6.07) is -2.10. The number of hydrogen-bond acceptors (Lipinski definition) is 17. The Labute approximate surface area is 394 Å². The van der Waals surface area contributed by atoms with Gasteiger partial charge in [0, 0.05) is 85.8 Å². The number of carbonyl (C=O) groups excluding carboxylic acids is 6. The average Bonchev–Trinajstić information content (AvgIpc) is 3.68. The molecule has 386 valence electrons. The van der Waals surface area contributed by atoms with Crippen LogP contribution in [-0.2, 0) is 52.5 Å². The third kappa shape index (κ3) is 20.7.